The first-order valence-electron chi connectivity index (χ1n) is 7.98. The van der Waals surface area contributed by atoms with Crippen LogP contribution in [0.2, 0.25) is 0 Å². The van der Waals surface area contributed by atoms with Gasteiger partial charge in [0.25, 0.3) is 0 Å². The number of aromatic nitrogens is 2. The summed E-state index contributed by atoms with van der Waals surface area (Å²) in [4.78, 5) is 8.55. The van der Waals surface area contributed by atoms with Crippen LogP contribution in [0.5, 0.6) is 11.5 Å². The van der Waals surface area contributed by atoms with Gasteiger partial charge in [-0.2, -0.15) is 0 Å². The Morgan fingerprint density at radius 3 is 3.12 bits per heavy atom. The van der Waals surface area contributed by atoms with Crippen LogP contribution in [-0.4, -0.2) is 28.7 Å². The van der Waals surface area contributed by atoms with E-state index in [2.05, 4.69) is 35.2 Å². The van der Waals surface area contributed by atoms with Crippen LogP contribution in [-0.2, 0) is 6.42 Å². The highest BCUT2D eigenvalue weighted by Crippen LogP contribution is 2.41. The number of para-hydroxylation sites is 1. The van der Waals surface area contributed by atoms with Crippen LogP contribution >= 0.6 is 11.3 Å². The second-order valence-corrected chi connectivity index (χ2v) is 7.33. The molecular formula is C18H19N3O2S. The minimum absolute atomic E-state index is 0.161. The summed E-state index contributed by atoms with van der Waals surface area (Å²) >= 11 is 1.64. The molecule has 0 saturated heterocycles. The molecular weight excluding hydrogens is 322 g/mol. The van der Waals surface area contributed by atoms with Crippen molar-refractivity contribution in [1.82, 2.24) is 9.97 Å². The van der Waals surface area contributed by atoms with Gasteiger partial charge in [-0.1, -0.05) is 12.1 Å². The molecule has 0 spiro atoms. The van der Waals surface area contributed by atoms with Gasteiger partial charge in [-0.3, -0.25) is 0 Å². The van der Waals surface area contributed by atoms with E-state index in [4.69, 9.17) is 9.47 Å². The summed E-state index contributed by atoms with van der Waals surface area (Å²) < 4.78 is 13.0. The second kappa shape index (κ2) is 5.94. The number of fused-ring (bicyclic) bond motifs is 2. The molecule has 1 aromatic carbocycles. The predicted molar refractivity (Wildman–Crippen MR) is 96.3 cm³/mol. The Bertz CT molecular complexity index is 876. The van der Waals surface area contributed by atoms with Gasteiger partial charge in [0.2, 0.25) is 0 Å². The lowest BCUT2D eigenvalue weighted by Crippen LogP contribution is -2.24. The van der Waals surface area contributed by atoms with Crippen LogP contribution in [0.15, 0.2) is 36.0 Å². The summed E-state index contributed by atoms with van der Waals surface area (Å²) in [6.45, 7) is 5.40. The molecule has 2 aromatic heterocycles. The fraction of sp³-hybridized carbons (Fsp3) is 0.333. The number of rotatable bonds is 5. The lowest BCUT2D eigenvalue weighted by molar-refractivity contribution is 0.132. The Morgan fingerprint density at radius 2 is 2.21 bits per heavy atom. The van der Waals surface area contributed by atoms with Crippen molar-refractivity contribution < 1.29 is 9.47 Å². The number of hydrogen-bond donors (Lipinski definition) is 1. The minimum Gasteiger partial charge on any atom is -0.488 e. The molecule has 0 saturated carbocycles. The van der Waals surface area contributed by atoms with Crippen molar-refractivity contribution in [1.29, 1.82) is 0 Å². The van der Waals surface area contributed by atoms with E-state index in [-0.39, 0.29) is 5.60 Å². The predicted octanol–water partition coefficient (Wildman–Crippen LogP) is 3.90. The highest BCUT2D eigenvalue weighted by Gasteiger charge is 2.32. The largest absolute Gasteiger partial charge is 0.488 e. The highest BCUT2D eigenvalue weighted by atomic mass is 32.1. The molecule has 3 heterocycles. The Hall–Kier alpha value is -2.34. The van der Waals surface area contributed by atoms with Gasteiger partial charge in [-0.15, -0.1) is 11.3 Å². The van der Waals surface area contributed by atoms with Gasteiger partial charge >= 0.3 is 0 Å². The summed E-state index contributed by atoms with van der Waals surface area (Å²) in [6, 6.07) is 8.08. The molecule has 124 valence electrons. The Kier molecular flexibility index (Phi) is 3.76. The topological polar surface area (TPSA) is 56.3 Å². The van der Waals surface area contributed by atoms with Gasteiger partial charge < -0.3 is 14.8 Å². The van der Waals surface area contributed by atoms with Gasteiger partial charge in [-0.25, -0.2) is 9.97 Å². The summed E-state index contributed by atoms with van der Waals surface area (Å²) in [5.74, 6) is 2.54. The SMILES string of the molecule is CC1(C)Cc2cccc(OCCNc3ncnc4ccsc34)c2O1. The van der Waals surface area contributed by atoms with Crippen molar-refractivity contribution in [2.24, 2.45) is 0 Å². The quantitative estimate of drug-likeness (QED) is 0.713. The fourth-order valence-electron chi connectivity index (χ4n) is 2.95. The zero-order valence-corrected chi connectivity index (χ0v) is 14.5. The molecule has 3 aromatic rings. The molecule has 4 rings (SSSR count). The molecule has 0 unspecified atom stereocenters. The maximum Gasteiger partial charge on any atom is 0.165 e. The van der Waals surface area contributed by atoms with Crippen molar-refractivity contribution >= 4 is 27.4 Å². The number of anilines is 1. The van der Waals surface area contributed by atoms with Crippen molar-refractivity contribution in [2.75, 3.05) is 18.5 Å². The number of ether oxygens (including phenoxy) is 2. The molecule has 0 amide bonds. The summed E-state index contributed by atoms with van der Waals surface area (Å²) in [5, 5.41) is 5.34. The molecule has 1 aliphatic rings. The Labute approximate surface area is 144 Å². The number of thiophene rings is 1. The van der Waals surface area contributed by atoms with E-state index in [1.807, 2.05) is 23.6 Å². The second-order valence-electron chi connectivity index (χ2n) is 6.42. The summed E-state index contributed by atoms with van der Waals surface area (Å²) in [6.07, 6.45) is 2.49. The molecule has 5 nitrogen and oxygen atoms in total. The molecule has 0 fully saturated rings. The van der Waals surface area contributed by atoms with E-state index in [0.29, 0.717) is 13.2 Å². The van der Waals surface area contributed by atoms with Crippen LogP contribution in [0.1, 0.15) is 19.4 Å². The molecule has 0 atom stereocenters. The maximum absolute atomic E-state index is 6.02. The fourth-order valence-corrected chi connectivity index (χ4v) is 3.76. The third-order valence-corrected chi connectivity index (χ3v) is 4.86. The lowest BCUT2D eigenvalue weighted by atomic mass is 10.0. The number of nitrogens with one attached hydrogen (secondary N) is 1. The van der Waals surface area contributed by atoms with Crippen LogP contribution in [0.3, 0.4) is 0 Å². The summed E-state index contributed by atoms with van der Waals surface area (Å²) in [5.41, 5.74) is 2.02. The highest BCUT2D eigenvalue weighted by molar-refractivity contribution is 7.17. The molecule has 6 heteroatoms. The molecule has 1 N–H and O–H groups in total. The van der Waals surface area contributed by atoms with E-state index in [9.17, 15) is 0 Å². The average Bonchev–Trinajstić information content (AvgIpc) is 3.14. The first-order valence-corrected chi connectivity index (χ1v) is 8.86. The van der Waals surface area contributed by atoms with E-state index in [0.717, 1.165) is 34.0 Å². The van der Waals surface area contributed by atoms with Crippen molar-refractivity contribution in [2.45, 2.75) is 25.9 Å². The Balaban J connectivity index is 1.39. The van der Waals surface area contributed by atoms with Crippen LogP contribution in [0.4, 0.5) is 5.82 Å². The first-order chi connectivity index (χ1) is 11.6. The molecule has 0 radical (unpaired) electrons. The van der Waals surface area contributed by atoms with Gasteiger partial charge in [0.1, 0.15) is 24.4 Å². The van der Waals surface area contributed by atoms with Gasteiger partial charge in [0.15, 0.2) is 11.5 Å². The standard InChI is InChI=1S/C18H19N3O2S/c1-18(2)10-12-4-3-5-14(15(12)23-18)22-8-7-19-17-16-13(6-9-24-16)20-11-21-17/h3-6,9,11H,7-8,10H2,1-2H3,(H,19,20,21). The number of hydrogen-bond acceptors (Lipinski definition) is 6. The normalized spacial score (nSPS) is 15.1. The number of nitrogens with zero attached hydrogens (tertiary/aromatic N) is 2. The lowest BCUT2D eigenvalue weighted by Gasteiger charge is -2.18. The third kappa shape index (κ3) is 2.89. The average molecular weight is 341 g/mol. The summed E-state index contributed by atoms with van der Waals surface area (Å²) in [7, 11) is 0. The van der Waals surface area contributed by atoms with Crippen molar-refractivity contribution in [3.63, 3.8) is 0 Å². The van der Waals surface area contributed by atoms with Gasteiger partial charge in [0.05, 0.1) is 16.8 Å². The minimum atomic E-state index is -0.161. The smallest absolute Gasteiger partial charge is 0.165 e. The molecule has 24 heavy (non-hydrogen) atoms. The third-order valence-electron chi connectivity index (χ3n) is 3.95. The molecule has 0 bridgehead atoms. The first kappa shape index (κ1) is 15.2. The van der Waals surface area contributed by atoms with E-state index in [1.165, 1.54) is 5.56 Å². The zero-order valence-electron chi connectivity index (χ0n) is 13.7. The van der Waals surface area contributed by atoms with E-state index >= 15 is 0 Å². The van der Waals surface area contributed by atoms with Crippen molar-refractivity contribution in [3.05, 3.63) is 41.5 Å². The molecule has 0 aliphatic carbocycles. The number of benzene rings is 1. The molecule has 1 aliphatic heterocycles. The van der Waals surface area contributed by atoms with Crippen LogP contribution in [0, 0.1) is 0 Å². The van der Waals surface area contributed by atoms with Gasteiger partial charge in [-0.05, 0) is 31.4 Å². The van der Waals surface area contributed by atoms with Crippen LogP contribution < -0.4 is 14.8 Å². The van der Waals surface area contributed by atoms with Crippen molar-refractivity contribution in [3.8, 4) is 11.5 Å². The van der Waals surface area contributed by atoms with Gasteiger partial charge in [0, 0.05) is 12.0 Å². The monoisotopic (exact) mass is 341 g/mol. The van der Waals surface area contributed by atoms with E-state index < -0.39 is 0 Å². The maximum atomic E-state index is 6.02. The Morgan fingerprint density at radius 1 is 1.29 bits per heavy atom. The van der Waals surface area contributed by atoms with Crippen LogP contribution in [0.25, 0.3) is 10.2 Å². The van der Waals surface area contributed by atoms with E-state index in [1.54, 1.807) is 17.7 Å². The zero-order chi connectivity index (χ0) is 16.6.